The molecule has 0 radical (unpaired) electrons. The van der Waals surface area contributed by atoms with Gasteiger partial charge in [0.15, 0.2) is 0 Å². The fourth-order valence-corrected chi connectivity index (χ4v) is 2.81. The molecule has 0 aliphatic heterocycles. The van der Waals surface area contributed by atoms with Crippen molar-refractivity contribution < 1.29 is 0 Å². The van der Waals surface area contributed by atoms with E-state index >= 15 is 0 Å². The Balaban J connectivity index is 2.11. The van der Waals surface area contributed by atoms with Gasteiger partial charge in [0, 0.05) is 12.4 Å². The first kappa shape index (κ1) is 14.0. The minimum Gasteiger partial charge on any atom is -0.304 e. The summed E-state index contributed by atoms with van der Waals surface area (Å²) < 4.78 is 1.80. The molecule has 1 N–H and O–H groups in total. The third-order valence-corrected chi connectivity index (χ3v) is 3.83. The maximum absolute atomic E-state index is 6.29. The lowest BCUT2D eigenvalue weighted by molar-refractivity contribution is 0.563. The van der Waals surface area contributed by atoms with E-state index in [1.54, 1.807) is 10.9 Å². The van der Waals surface area contributed by atoms with Crippen LogP contribution in [0.2, 0.25) is 5.02 Å². The van der Waals surface area contributed by atoms with Gasteiger partial charge in [0.25, 0.3) is 0 Å². The number of hydrogen-bond acceptors (Lipinski definition) is 3. The first-order chi connectivity index (χ1) is 10.2. The van der Waals surface area contributed by atoms with Crippen LogP contribution in [0.5, 0.6) is 0 Å². The summed E-state index contributed by atoms with van der Waals surface area (Å²) in [6.07, 6.45) is 1.67. The Bertz CT molecular complexity index is 746. The van der Waals surface area contributed by atoms with Crippen LogP contribution in [0.25, 0.3) is 10.9 Å². The van der Waals surface area contributed by atoms with Crippen LogP contribution in [0.15, 0.2) is 42.6 Å². The Hall–Kier alpha value is -1.91. The highest BCUT2D eigenvalue weighted by Crippen LogP contribution is 2.27. The number of para-hydroxylation sites is 1. The van der Waals surface area contributed by atoms with Crippen molar-refractivity contribution in [3.05, 3.63) is 59.0 Å². The number of fused-ring (bicyclic) bond motifs is 1. The van der Waals surface area contributed by atoms with E-state index in [4.69, 9.17) is 16.6 Å². The molecule has 2 heterocycles. The first-order valence-electron chi connectivity index (χ1n) is 6.97. The average molecular weight is 301 g/mol. The lowest BCUT2D eigenvalue weighted by atomic mass is 10.1. The molecule has 3 aromatic rings. The molecule has 3 rings (SSSR count). The Morgan fingerprint density at radius 1 is 1.24 bits per heavy atom. The van der Waals surface area contributed by atoms with Gasteiger partial charge < -0.3 is 5.32 Å². The van der Waals surface area contributed by atoms with Crippen molar-refractivity contribution in [1.29, 1.82) is 0 Å². The van der Waals surface area contributed by atoms with Crippen LogP contribution in [0.1, 0.15) is 24.4 Å². The summed E-state index contributed by atoms with van der Waals surface area (Å²) in [4.78, 5) is 4.77. The van der Waals surface area contributed by atoms with E-state index in [1.807, 2.05) is 31.3 Å². The van der Waals surface area contributed by atoms with E-state index < -0.39 is 0 Å². The van der Waals surface area contributed by atoms with E-state index in [-0.39, 0.29) is 6.04 Å². The molecule has 0 aliphatic rings. The van der Waals surface area contributed by atoms with Gasteiger partial charge in [0.1, 0.15) is 0 Å². The number of aromatic nitrogens is 3. The molecular formula is C16H17ClN4. The molecule has 4 nitrogen and oxygen atoms in total. The Morgan fingerprint density at radius 2 is 2.05 bits per heavy atom. The molecular weight excluding hydrogens is 284 g/mol. The number of nitrogens with zero attached hydrogens (tertiary/aromatic N) is 3. The number of halogens is 1. The molecule has 0 aliphatic carbocycles. The predicted octanol–water partition coefficient (Wildman–Crippen LogP) is 3.32. The number of nitrogens with one attached hydrogen (secondary N) is 1. The topological polar surface area (TPSA) is 42.7 Å². The zero-order valence-corrected chi connectivity index (χ0v) is 12.8. The Labute approximate surface area is 128 Å². The maximum Gasteiger partial charge on any atom is 0.0937 e. The van der Waals surface area contributed by atoms with Crippen LogP contribution < -0.4 is 5.32 Å². The monoisotopic (exact) mass is 300 g/mol. The number of benzene rings is 1. The number of rotatable bonds is 4. The summed E-state index contributed by atoms with van der Waals surface area (Å²) in [5.41, 5.74) is 2.86. The van der Waals surface area contributed by atoms with E-state index in [2.05, 4.69) is 29.5 Å². The Morgan fingerprint density at radius 3 is 2.76 bits per heavy atom. The van der Waals surface area contributed by atoms with E-state index in [0.29, 0.717) is 5.02 Å². The summed E-state index contributed by atoms with van der Waals surface area (Å²) in [7, 11) is 1.90. The largest absolute Gasteiger partial charge is 0.304 e. The summed E-state index contributed by atoms with van der Waals surface area (Å²) >= 11 is 6.29. The molecule has 0 fully saturated rings. The summed E-state index contributed by atoms with van der Waals surface area (Å²) in [5.74, 6) is 0. The highest BCUT2D eigenvalue weighted by molar-refractivity contribution is 6.31. The lowest BCUT2D eigenvalue weighted by Crippen LogP contribution is -2.25. The van der Waals surface area contributed by atoms with Gasteiger partial charge in [-0.25, -0.2) is 0 Å². The molecule has 1 aromatic carbocycles. The molecule has 0 saturated heterocycles. The van der Waals surface area contributed by atoms with E-state index in [1.165, 1.54) is 0 Å². The number of hydrogen-bond donors (Lipinski definition) is 1. The summed E-state index contributed by atoms with van der Waals surface area (Å²) in [5, 5.41) is 9.45. The average Bonchev–Trinajstić information content (AvgIpc) is 2.84. The zero-order chi connectivity index (χ0) is 14.8. The molecule has 0 saturated carbocycles. The standard InChI is InChI=1S/C16H17ClN4/c1-3-18-15(16-12(17)10-19-21(16)2)14-9-8-11-6-4-5-7-13(11)20-14/h4-10,15,18H,3H2,1-2H3. The second kappa shape index (κ2) is 5.84. The molecule has 1 unspecified atom stereocenters. The van der Waals surface area contributed by atoms with Crippen LogP contribution in [-0.2, 0) is 7.05 Å². The second-order valence-corrected chi connectivity index (χ2v) is 5.33. The van der Waals surface area contributed by atoms with Gasteiger partial charge >= 0.3 is 0 Å². The van der Waals surface area contributed by atoms with Crippen LogP contribution in [-0.4, -0.2) is 21.3 Å². The predicted molar refractivity (Wildman–Crippen MR) is 85.5 cm³/mol. The molecule has 0 bridgehead atoms. The van der Waals surface area contributed by atoms with Crippen molar-refractivity contribution in [3.63, 3.8) is 0 Å². The minimum atomic E-state index is -0.0698. The Kier molecular flexibility index (Phi) is 3.90. The minimum absolute atomic E-state index is 0.0698. The highest BCUT2D eigenvalue weighted by atomic mass is 35.5. The van der Waals surface area contributed by atoms with Crippen LogP contribution in [0.3, 0.4) is 0 Å². The van der Waals surface area contributed by atoms with Crippen LogP contribution >= 0.6 is 11.6 Å². The van der Waals surface area contributed by atoms with Gasteiger partial charge in [-0.1, -0.05) is 42.8 Å². The molecule has 5 heteroatoms. The maximum atomic E-state index is 6.29. The second-order valence-electron chi connectivity index (χ2n) is 4.92. The van der Waals surface area contributed by atoms with Crippen LogP contribution in [0.4, 0.5) is 0 Å². The fourth-order valence-electron chi connectivity index (χ4n) is 2.53. The van der Waals surface area contributed by atoms with E-state index in [9.17, 15) is 0 Å². The van der Waals surface area contributed by atoms with Crippen LogP contribution in [0, 0.1) is 0 Å². The SMILES string of the molecule is CCNC(c1ccc2ccccc2n1)c1c(Cl)cnn1C. The van der Waals surface area contributed by atoms with Crippen molar-refractivity contribution in [2.24, 2.45) is 7.05 Å². The molecule has 108 valence electrons. The van der Waals surface area contributed by atoms with Gasteiger partial charge in [-0.3, -0.25) is 9.67 Å². The molecule has 21 heavy (non-hydrogen) atoms. The third-order valence-electron chi connectivity index (χ3n) is 3.54. The smallest absolute Gasteiger partial charge is 0.0937 e. The zero-order valence-electron chi connectivity index (χ0n) is 12.0. The van der Waals surface area contributed by atoms with Gasteiger partial charge in [0.2, 0.25) is 0 Å². The lowest BCUT2D eigenvalue weighted by Gasteiger charge is -2.19. The molecule has 0 amide bonds. The highest BCUT2D eigenvalue weighted by Gasteiger charge is 2.21. The quantitative estimate of drug-likeness (QED) is 0.804. The number of aryl methyl sites for hydroxylation is 1. The van der Waals surface area contributed by atoms with Gasteiger partial charge in [-0.15, -0.1) is 0 Å². The first-order valence-corrected chi connectivity index (χ1v) is 7.35. The van der Waals surface area contributed by atoms with Crippen molar-refractivity contribution in [3.8, 4) is 0 Å². The van der Waals surface area contributed by atoms with Gasteiger partial charge in [-0.2, -0.15) is 5.10 Å². The number of pyridine rings is 1. The van der Waals surface area contributed by atoms with Crippen molar-refractivity contribution in [2.75, 3.05) is 6.54 Å². The summed E-state index contributed by atoms with van der Waals surface area (Å²) in [6.45, 7) is 2.89. The van der Waals surface area contributed by atoms with Crippen molar-refractivity contribution in [2.45, 2.75) is 13.0 Å². The normalized spacial score (nSPS) is 12.7. The molecule has 0 spiro atoms. The molecule has 1 atom stereocenters. The van der Waals surface area contributed by atoms with E-state index in [0.717, 1.165) is 28.8 Å². The fraction of sp³-hybridized carbons (Fsp3) is 0.250. The van der Waals surface area contributed by atoms with Crippen molar-refractivity contribution >= 4 is 22.5 Å². The van der Waals surface area contributed by atoms with Crippen molar-refractivity contribution in [1.82, 2.24) is 20.1 Å². The van der Waals surface area contributed by atoms with Gasteiger partial charge in [-0.05, 0) is 18.7 Å². The molecule has 2 aromatic heterocycles. The third kappa shape index (κ3) is 2.64. The summed E-state index contributed by atoms with van der Waals surface area (Å²) in [6, 6.07) is 12.2. The van der Waals surface area contributed by atoms with Gasteiger partial charge in [0.05, 0.1) is 34.2 Å².